The number of para-hydroxylation sites is 1. The molecule has 3 N–H and O–H groups in total. The van der Waals surface area contributed by atoms with E-state index in [2.05, 4.69) is 15.4 Å². The Labute approximate surface area is 247 Å². The monoisotopic (exact) mass is 590 g/mol. The number of amides is 4. The normalized spacial score (nSPS) is 17.6. The Bertz CT molecular complexity index is 1520. The highest BCUT2D eigenvalue weighted by Gasteiger charge is 2.51. The van der Waals surface area contributed by atoms with Gasteiger partial charge in [-0.15, -0.1) is 0 Å². The lowest BCUT2D eigenvalue weighted by atomic mass is 9.92. The van der Waals surface area contributed by atoms with Gasteiger partial charge in [-0.05, 0) is 42.3 Å². The zero-order valence-corrected chi connectivity index (χ0v) is 23.5. The number of benzene rings is 3. The molecule has 0 bridgehead atoms. The summed E-state index contributed by atoms with van der Waals surface area (Å²) in [5.41, 5.74) is 1.41. The Morgan fingerprint density at radius 3 is 2.37 bits per heavy atom. The Morgan fingerprint density at radius 1 is 1.00 bits per heavy atom. The molecule has 0 spiro atoms. The van der Waals surface area contributed by atoms with Crippen molar-refractivity contribution >= 4 is 41.2 Å². The number of carboxylic acid groups (broad SMARTS) is 1. The lowest BCUT2D eigenvalue weighted by Gasteiger charge is -2.33. The Kier molecular flexibility index (Phi) is 9.71. The number of nitrogens with zero attached hydrogens (tertiary/aromatic N) is 2. The van der Waals surface area contributed by atoms with Crippen molar-refractivity contribution in [1.82, 2.24) is 10.2 Å². The third-order valence-electron chi connectivity index (χ3n) is 7.24. The first-order chi connectivity index (χ1) is 20.6. The van der Waals surface area contributed by atoms with Crippen LogP contribution < -0.4 is 15.5 Å². The molecule has 4 amide bonds. The SMILES string of the molecule is COC(=O)Cc1cccc(NC(=O)NCC(=O)N2C(C(=O)N(C)c3ccccc3)CC(C(=O)O)C2c2ccccc2F)c1. The molecule has 3 aromatic rings. The summed E-state index contributed by atoms with van der Waals surface area (Å²) in [4.78, 5) is 66.4. The third kappa shape index (κ3) is 7.15. The van der Waals surface area contributed by atoms with Gasteiger partial charge in [-0.2, -0.15) is 0 Å². The lowest BCUT2D eigenvalue weighted by molar-refractivity contribution is -0.144. The zero-order valence-electron chi connectivity index (χ0n) is 23.5. The minimum atomic E-state index is -1.30. The summed E-state index contributed by atoms with van der Waals surface area (Å²) in [6, 6.07) is 17.3. The summed E-state index contributed by atoms with van der Waals surface area (Å²) in [5, 5.41) is 15.1. The number of halogens is 1. The second-order valence-corrected chi connectivity index (χ2v) is 9.96. The highest BCUT2D eigenvalue weighted by Crippen LogP contribution is 2.43. The van der Waals surface area contributed by atoms with E-state index in [1.807, 2.05) is 0 Å². The number of likely N-dealkylation sites (N-methyl/N-ethyl adjacent to an activating group) is 1. The van der Waals surface area contributed by atoms with Crippen molar-refractivity contribution in [2.45, 2.75) is 24.9 Å². The number of rotatable bonds is 9. The van der Waals surface area contributed by atoms with Crippen molar-refractivity contribution in [2.24, 2.45) is 5.92 Å². The first-order valence-corrected chi connectivity index (χ1v) is 13.4. The number of methoxy groups -OCH3 is 1. The van der Waals surface area contributed by atoms with Crippen LogP contribution in [0.15, 0.2) is 78.9 Å². The van der Waals surface area contributed by atoms with Gasteiger partial charge in [-0.3, -0.25) is 19.2 Å². The minimum absolute atomic E-state index is 0.00386. The second kappa shape index (κ2) is 13.6. The van der Waals surface area contributed by atoms with E-state index < -0.39 is 60.1 Å². The van der Waals surface area contributed by atoms with Crippen LogP contribution in [0.25, 0.3) is 0 Å². The molecule has 0 radical (unpaired) electrons. The van der Waals surface area contributed by atoms with E-state index in [0.717, 1.165) is 11.0 Å². The van der Waals surface area contributed by atoms with E-state index >= 15 is 4.39 Å². The van der Waals surface area contributed by atoms with Gasteiger partial charge in [0.05, 0.1) is 32.0 Å². The molecule has 43 heavy (non-hydrogen) atoms. The maximum absolute atomic E-state index is 15.0. The number of carbonyl (C=O) groups excluding carboxylic acids is 4. The summed E-state index contributed by atoms with van der Waals surface area (Å²) in [6.45, 7) is -0.607. The second-order valence-electron chi connectivity index (χ2n) is 9.96. The fraction of sp³-hybridized carbons (Fsp3) is 0.258. The van der Waals surface area contributed by atoms with Crippen LogP contribution in [0.2, 0.25) is 0 Å². The molecule has 0 saturated carbocycles. The summed E-state index contributed by atoms with van der Waals surface area (Å²) in [5.74, 6) is -5.09. The fourth-order valence-electron chi connectivity index (χ4n) is 5.16. The van der Waals surface area contributed by atoms with E-state index in [1.54, 1.807) is 54.6 Å². The van der Waals surface area contributed by atoms with E-state index in [4.69, 9.17) is 0 Å². The number of hydrogen-bond donors (Lipinski definition) is 3. The highest BCUT2D eigenvalue weighted by atomic mass is 19.1. The largest absolute Gasteiger partial charge is 0.481 e. The van der Waals surface area contributed by atoms with Crippen molar-refractivity contribution in [3.8, 4) is 0 Å². The standard InChI is InChI=1S/C31H31FN4O7/c1-35(21-11-4-3-5-12-21)29(39)25-17-23(30(40)41)28(22-13-6-7-14-24(22)32)36(25)26(37)18-33-31(42)34-20-10-8-9-19(15-20)16-27(38)43-2/h3-15,23,25,28H,16-18H2,1-2H3,(H,40,41)(H2,33,34,42). The van der Waals surface area contributed by atoms with Gasteiger partial charge in [0.15, 0.2) is 0 Å². The Hall–Kier alpha value is -5.26. The Morgan fingerprint density at radius 2 is 1.70 bits per heavy atom. The topological polar surface area (TPSA) is 145 Å². The van der Waals surface area contributed by atoms with Crippen molar-refractivity contribution in [3.63, 3.8) is 0 Å². The molecule has 1 saturated heterocycles. The smallest absolute Gasteiger partial charge is 0.319 e. The van der Waals surface area contributed by atoms with Crippen molar-refractivity contribution in [3.05, 3.63) is 95.8 Å². The molecule has 3 aromatic carbocycles. The molecule has 3 unspecified atom stereocenters. The first-order valence-electron chi connectivity index (χ1n) is 13.4. The number of ether oxygens (including phenoxy) is 1. The van der Waals surface area contributed by atoms with Crippen LogP contribution in [0, 0.1) is 11.7 Å². The minimum Gasteiger partial charge on any atom is -0.481 e. The van der Waals surface area contributed by atoms with Crippen LogP contribution in [0.4, 0.5) is 20.6 Å². The number of esters is 1. The maximum Gasteiger partial charge on any atom is 0.319 e. The maximum atomic E-state index is 15.0. The van der Waals surface area contributed by atoms with Crippen molar-refractivity contribution in [2.75, 3.05) is 30.9 Å². The molecule has 11 nitrogen and oxygen atoms in total. The molecule has 1 fully saturated rings. The van der Waals surface area contributed by atoms with E-state index in [0.29, 0.717) is 16.9 Å². The quantitative estimate of drug-likeness (QED) is 0.324. The predicted octanol–water partition coefficient (Wildman–Crippen LogP) is 3.37. The summed E-state index contributed by atoms with van der Waals surface area (Å²) in [6.07, 6.45) is -0.259. The van der Waals surface area contributed by atoms with Crippen LogP contribution in [0.5, 0.6) is 0 Å². The summed E-state index contributed by atoms with van der Waals surface area (Å²) in [7, 11) is 2.77. The van der Waals surface area contributed by atoms with Crippen LogP contribution >= 0.6 is 0 Å². The fourth-order valence-corrected chi connectivity index (χ4v) is 5.16. The van der Waals surface area contributed by atoms with Gasteiger partial charge in [0.2, 0.25) is 11.8 Å². The van der Waals surface area contributed by atoms with Gasteiger partial charge >= 0.3 is 18.0 Å². The molecular weight excluding hydrogens is 559 g/mol. The van der Waals surface area contributed by atoms with Gasteiger partial charge < -0.3 is 30.3 Å². The number of carboxylic acids is 1. The van der Waals surface area contributed by atoms with Gasteiger partial charge in [-0.1, -0.05) is 48.5 Å². The average Bonchev–Trinajstić information content (AvgIpc) is 3.41. The number of urea groups is 1. The number of carbonyl (C=O) groups is 5. The summed E-state index contributed by atoms with van der Waals surface area (Å²) < 4.78 is 19.7. The number of likely N-dealkylation sites (tertiary alicyclic amines) is 1. The average molecular weight is 591 g/mol. The van der Waals surface area contributed by atoms with Crippen molar-refractivity contribution in [1.29, 1.82) is 0 Å². The predicted molar refractivity (Wildman–Crippen MR) is 155 cm³/mol. The van der Waals surface area contributed by atoms with Gasteiger partial charge in [0.25, 0.3) is 0 Å². The molecule has 1 aliphatic heterocycles. The van der Waals surface area contributed by atoms with E-state index in [9.17, 15) is 29.1 Å². The number of nitrogens with one attached hydrogen (secondary N) is 2. The van der Waals surface area contributed by atoms with Crippen LogP contribution in [0.1, 0.15) is 23.6 Å². The van der Waals surface area contributed by atoms with Crippen LogP contribution in [-0.2, 0) is 30.3 Å². The van der Waals surface area contributed by atoms with Crippen LogP contribution in [-0.4, -0.2) is 66.5 Å². The summed E-state index contributed by atoms with van der Waals surface area (Å²) >= 11 is 0. The molecule has 4 rings (SSSR count). The lowest BCUT2D eigenvalue weighted by Crippen LogP contribution is -2.50. The first kappa shape index (κ1) is 30.7. The molecule has 1 aliphatic rings. The van der Waals surface area contributed by atoms with Gasteiger partial charge in [0.1, 0.15) is 11.9 Å². The van der Waals surface area contributed by atoms with E-state index in [1.165, 1.54) is 37.3 Å². The molecule has 0 aliphatic carbocycles. The zero-order chi connectivity index (χ0) is 31.1. The number of anilines is 2. The molecule has 0 aromatic heterocycles. The molecule has 1 heterocycles. The molecule has 12 heteroatoms. The number of hydrogen-bond acceptors (Lipinski definition) is 6. The molecular formula is C31H31FN4O7. The Balaban J connectivity index is 1.58. The van der Waals surface area contributed by atoms with E-state index in [-0.39, 0.29) is 18.4 Å². The number of aliphatic carboxylic acids is 1. The van der Waals surface area contributed by atoms with Crippen molar-refractivity contribution < 1.29 is 38.2 Å². The third-order valence-corrected chi connectivity index (χ3v) is 7.24. The highest BCUT2D eigenvalue weighted by molar-refractivity contribution is 6.01. The molecule has 3 atom stereocenters. The van der Waals surface area contributed by atoms with Gasteiger partial charge in [-0.25, -0.2) is 9.18 Å². The van der Waals surface area contributed by atoms with Crippen LogP contribution in [0.3, 0.4) is 0 Å². The van der Waals surface area contributed by atoms with Gasteiger partial charge in [0, 0.05) is 24.0 Å². The molecule has 224 valence electrons.